The van der Waals surface area contributed by atoms with Gasteiger partial charge in [-0.15, -0.1) is 0 Å². The fourth-order valence-electron chi connectivity index (χ4n) is 1.84. The van der Waals surface area contributed by atoms with Crippen molar-refractivity contribution in [3.63, 3.8) is 0 Å². The predicted octanol–water partition coefficient (Wildman–Crippen LogP) is 1.96. The molecule has 1 aromatic carbocycles. The number of hydrogen-bond donors (Lipinski definition) is 2. The molecular formula is C13H14N2O2. The first kappa shape index (κ1) is 11.5. The van der Waals surface area contributed by atoms with Crippen molar-refractivity contribution in [1.29, 1.82) is 0 Å². The first-order valence-electron chi connectivity index (χ1n) is 5.40. The van der Waals surface area contributed by atoms with Gasteiger partial charge in [-0.05, 0) is 32.2 Å². The van der Waals surface area contributed by atoms with Gasteiger partial charge in [0.05, 0.1) is 16.8 Å². The normalized spacial score (nSPS) is 10.7. The average molecular weight is 230 g/mol. The molecule has 1 heterocycles. The summed E-state index contributed by atoms with van der Waals surface area (Å²) in [5.41, 5.74) is 2.80. The van der Waals surface area contributed by atoms with Crippen LogP contribution in [0, 0.1) is 6.92 Å². The molecule has 4 nitrogen and oxygen atoms in total. The van der Waals surface area contributed by atoms with E-state index in [1.54, 1.807) is 6.07 Å². The summed E-state index contributed by atoms with van der Waals surface area (Å²) in [6.45, 7) is 2.50. The zero-order valence-electron chi connectivity index (χ0n) is 9.82. The number of aryl methyl sites for hydroxylation is 1. The molecule has 0 saturated carbocycles. The summed E-state index contributed by atoms with van der Waals surface area (Å²) in [6, 6.07) is 7.27. The molecule has 0 amide bonds. The summed E-state index contributed by atoms with van der Waals surface area (Å²) in [5.74, 6) is -0.916. The van der Waals surface area contributed by atoms with Crippen LogP contribution in [0.4, 0.5) is 0 Å². The van der Waals surface area contributed by atoms with E-state index in [0.29, 0.717) is 17.5 Å². The summed E-state index contributed by atoms with van der Waals surface area (Å²) in [7, 11) is 1.81. The van der Waals surface area contributed by atoms with E-state index in [-0.39, 0.29) is 0 Å². The molecule has 0 unspecified atom stereocenters. The molecule has 17 heavy (non-hydrogen) atoms. The van der Waals surface area contributed by atoms with Gasteiger partial charge < -0.3 is 10.4 Å². The number of pyridine rings is 1. The van der Waals surface area contributed by atoms with Crippen molar-refractivity contribution in [2.75, 3.05) is 7.05 Å². The van der Waals surface area contributed by atoms with Gasteiger partial charge in [0.15, 0.2) is 0 Å². The fraction of sp³-hybridized carbons (Fsp3) is 0.231. The molecule has 2 N–H and O–H groups in total. The van der Waals surface area contributed by atoms with Crippen molar-refractivity contribution in [2.45, 2.75) is 13.5 Å². The zero-order chi connectivity index (χ0) is 12.4. The van der Waals surface area contributed by atoms with E-state index in [2.05, 4.69) is 10.3 Å². The van der Waals surface area contributed by atoms with Gasteiger partial charge in [-0.3, -0.25) is 4.98 Å². The highest BCUT2D eigenvalue weighted by Crippen LogP contribution is 2.20. The molecule has 2 aromatic rings. The molecular weight excluding hydrogens is 216 g/mol. The molecule has 0 aliphatic carbocycles. The maximum absolute atomic E-state index is 11.2. The predicted molar refractivity (Wildman–Crippen MR) is 66.2 cm³/mol. The number of carbonyl (C=O) groups is 1. The van der Waals surface area contributed by atoms with Gasteiger partial charge in [0.25, 0.3) is 0 Å². The smallest absolute Gasteiger partial charge is 0.336 e. The van der Waals surface area contributed by atoms with Crippen LogP contribution in [0.5, 0.6) is 0 Å². The van der Waals surface area contributed by atoms with Crippen LogP contribution in [0.15, 0.2) is 24.3 Å². The van der Waals surface area contributed by atoms with Crippen molar-refractivity contribution in [2.24, 2.45) is 0 Å². The maximum atomic E-state index is 11.2. The molecule has 0 fully saturated rings. The van der Waals surface area contributed by atoms with Crippen molar-refractivity contribution < 1.29 is 9.90 Å². The topological polar surface area (TPSA) is 62.2 Å². The third kappa shape index (κ3) is 2.26. The third-order valence-corrected chi connectivity index (χ3v) is 2.61. The van der Waals surface area contributed by atoms with Crippen LogP contribution in [0.25, 0.3) is 10.9 Å². The van der Waals surface area contributed by atoms with Gasteiger partial charge >= 0.3 is 5.97 Å². The standard InChI is InChI=1S/C13H14N2O2/c1-8-3-4-12-10(5-8)11(13(16)17)6-9(15-12)7-14-2/h3-6,14H,7H2,1-2H3,(H,16,17). The number of benzene rings is 1. The Morgan fingerprint density at radius 2 is 2.18 bits per heavy atom. The van der Waals surface area contributed by atoms with Gasteiger partial charge in [-0.25, -0.2) is 4.79 Å². The zero-order valence-corrected chi connectivity index (χ0v) is 9.82. The van der Waals surface area contributed by atoms with E-state index in [9.17, 15) is 9.90 Å². The van der Waals surface area contributed by atoms with Gasteiger partial charge in [0.2, 0.25) is 0 Å². The Hall–Kier alpha value is -1.94. The van der Waals surface area contributed by atoms with Crippen LogP contribution < -0.4 is 5.32 Å². The number of fused-ring (bicyclic) bond motifs is 1. The number of hydrogen-bond acceptors (Lipinski definition) is 3. The minimum absolute atomic E-state index is 0.309. The van der Waals surface area contributed by atoms with E-state index in [4.69, 9.17) is 0 Å². The third-order valence-electron chi connectivity index (χ3n) is 2.61. The number of rotatable bonds is 3. The quantitative estimate of drug-likeness (QED) is 0.846. The number of carboxylic acid groups (broad SMARTS) is 1. The average Bonchev–Trinajstić information content (AvgIpc) is 2.28. The van der Waals surface area contributed by atoms with Gasteiger partial charge in [-0.2, -0.15) is 0 Å². The molecule has 0 radical (unpaired) electrons. The molecule has 0 aliphatic rings. The lowest BCUT2D eigenvalue weighted by atomic mass is 10.1. The molecule has 1 aromatic heterocycles. The Kier molecular flexibility index (Phi) is 3.06. The molecule has 0 saturated heterocycles. The first-order chi connectivity index (χ1) is 8.11. The molecule has 0 atom stereocenters. The first-order valence-corrected chi connectivity index (χ1v) is 5.40. The lowest BCUT2D eigenvalue weighted by Gasteiger charge is -2.07. The highest BCUT2D eigenvalue weighted by Gasteiger charge is 2.11. The summed E-state index contributed by atoms with van der Waals surface area (Å²) in [5, 5.41) is 12.9. The highest BCUT2D eigenvalue weighted by atomic mass is 16.4. The molecule has 0 aliphatic heterocycles. The van der Waals surface area contributed by atoms with E-state index in [1.807, 2.05) is 32.2 Å². The number of aromatic carboxylic acids is 1. The summed E-state index contributed by atoms with van der Waals surface area (Å²) >= 11 is 0. The van der Waals surface area contributed by atoms with Crippen molar-refractivity contribution >= 4 is 16.9 Å². The van der Waals surface area contributed by atoms with E-state index >= 15 is 0 Å². The fourth-order valence-corrected chi connectivity index (χ4v) is 1.84. The molecule has 88 valence electrons. The Morgan fingerprint density at radius 1 is 1.41 bits per heavy atom. The minimum atomic E-state index is -0.916. The SMILES string of the molecule is CNCc1cc(C(=O)O)c2cc(C)ccc2n1. The summed E-state index contributed by atoms with van der Waals surface area (Å²) in [4.78, 5) is 15.7. The monoisotopic (exact) mass is 230 g/mol. The van der Waals surface area contributed by atoms with Gasteiger partial charge in [-0.1, -0.05) is 11.6 Å². The molecule has 0 spiro atoms. The van der Waals surface area contributed by atoms with Gasteiger partial charge in [0.1, 0.15) is 0 Å². The van der Waals surface area contributed by atoms with Crippen molar-refractivity contribution in [3.05, 3.63) is 41.1 Å². The molecule has 0 bridgehead atoms. The van der Waals surface area contributed by atoms with E-state index in [1.165, 1.54) is 0 Å². The maximum Gasteiger partial charge on any atom is 0.336 e. The number of aromatic nitrogens is 1. The Labute approximate surface area is 99.3 Å². The van der Waals surface area contributed by atoms with E-state index in [0.717, 1.165) is 16.8 Å². The second-order valence-electron chi connectivity index (χ2n) is 4.02. The second-order valence-corrected chi connectivity index (χ2v) is 4.02. The minimum Gasteiger partial charge on any atom is -0.478 e. The number of carboxylic acids is 1. The Bertz CT molecular complexity index is 579. The van der Waals surface area contributed by atoms with Crippen molar-refractivity contribution in [3.8, 4) is 0 Å². The second kappa shape index (κ2) is 4.51. The van der Waals surface area contributed by atoms with Crippen molar-refractivity contribution in [1.82, 2.24) is 10.3 Å². The summed E-state index contributed by atoms with van der Waals surface area (Å²) < 4.78 is 0. The van der Waals surface area contributed by atoms with Crippen LogP contribution in [-0.4, -0.2) is 23.1 Å². The number of nitrogens with one attached hydrogen (secondary N) is 1. The Balaban J connectivity index is 2.72. The van der Waals surface area contributed by atoms with Crippen LogP contribution in [0.1, 0.15) is 21.6 Å². The highest BCUT2D eigenvalue weighted by molar-refractivity contribution is 6.02. The van der Waals surface area contributed by atoms with Crippen LogP contribution >= 0.6 is 0 Å². The lowest BCUT2D eigenvalue weighted by molar-refractivity contribution is 0.0699. The molecule has 2 rings (SSSR count). The lowest BCUT2D eigenvalue weighted by Crippen LogP contribution is -2.09. The number of nitrogens with zero attached hydrogens (tertiary/aromatic N) is 1. The van der Waals surface area contributed by atoms with Crippen LogP contribution in [0.2, 0.25) is 0 Å². The Morgan fingerprint density at radius 3 is 2.82 bits per heavy atom. The molecule has 4 heteroatoms. The summed E-state index contributed by atoms with van der Waals surface area (Å²) in [6.07, 6.45) is 0. The van der Waals surface area contributed by atoms with Crippen LogP contribution in [0.3, 0.4) is 0 Å². The largest absolute Gasteiger partial charge is 0.478 e. The van der Waals surface area contributed by atoms with Gasteiger partial charge in [0, 0.05) is 11.9 Å². The van der Waals surface area contributed by atoms with E-state index < -0.39 is 5.97 Å². The van der Waals surface area contributed by atoms with Crippen LogP contribution in [-0.2, 0) is 6.54 Å².